The van der Waals surface area contributed by atoms with Crippen molar-refractivity contribution in [3.63, 3.8) is 0 Å². The van der Waals surface area contributed by atoms with E-state index in [1.54, 1.807) is 0 Å². The minimum absolute atomic E-state index is 0. The summed E-state index contributed by atoms with van der Waals surface area (Å²) < 4.78 is 5.69. The van der Waals surface area contributed by atoms with Gasteiger partial charge in [0.05, 0.1) is 6.61 Å². The molecule has 1 fully saturated rings. The second kappa shape index (κ2) is 14.2. The van der Waals surface area contributed by atoms with Crippen molar-refractivity contribution < 1.29 is 4.74 Å². The van der Waals surface area contributed by atoms with E-state index in [-0.39, 0.29) is 24.0 Å². The van der Waals surface area contributed by atoms with E-state index in [0.29, 0.717) is 6.61 Å². The molecule has 0 atom stereocenters. The molecule has 0 bridgehead atoms. The number of para-hydroxylation sites is 1. The molecule has 0 saturated carbocycles. The van der Waals surface area contributed by atoms with Crippen LogP contribution in [0.4, 0.5) is 0 Å². The molecule has 0 unspecified atom stereocenters. The first-order chi connectivity index (χ1) is 11.9. The van der Waals surface area contributed by atoms with Crippen molar-refractivity contribution in [2.75, 3.05) is 45.9 Å². The smallest absolute Gasteiger partial charge is 0.191 e. The summed E-state index contributed by atoms with van der Waals surface area (Å²) in [5.74, 6) is 1.84. The Morgan fingerprint density at radius 3 is 2.60 bits per heavy atom. The van der Waals surface area contributed by atoms with Crippen molar-refractivity contribution >= 4 is 29.9 Å². The Morgan fingerprint density at radius 2 is 1.88 bits per heavy atom. The standard InChI is InChI=1S/C19H32N4O.HI/c1-2-20-19(21-12-8-16-23-14-6-7-15-23)22-13-9-17-24-18-10-4-3-5-11-18;/h3-5,10-11H,2,6-9,12-17H2,1H3,(H2,20,21,22);1H. The molecule has 1 heterocycles. The second-order valence-corrected chi connectivity index (χ2v) is 6.10. The molecule has 0 aliphatic carbocycles. The van der Waals surface area contributed by atoms with Gasteiger partial charge in [0.1, 0.15) is 5.75 Å². The van der Waals surface area contributed by atoms with E-state index in [9.17, 15) is 0 Å². The Balaban J connectivity index is 0.00000312. The molecule has 0 amide bonds. The van der Waals surface area contributed by atoms with E-state index in [0.717, 1.165) is 37.8 Å². The summed E-state index contributed by atoms with van der Waals surface area (Å²) in [5.41, 5.74) is 0. The van der Waals surface area contributed by atoms with Gasteiger partial charge in [-0.25, -0.2) is 0 Å². The maximum atomic E-state index is 5.69. The van der Waals surface area contributed by atoms with Gasteiger partial charge in [0.15, 0.2) is 5.96 Å². The van der Waals surface area contributed by atoms with Crippen molar-refractivity contribution in [2.45, 2.75) is 32.6 Å². The Labute approximate surface area is 169 Å². The molecule has 1 aliphatic rings. The van der Waals surface area contributed by atoms with Gasteiger partial charge in [-0.3, -0.25) is 4.99 Å². The van der Waals surface area contributed by atoms with Crippen LogP contribution in [0.15, 0.2) is 35.3 Å². The summed E-state index contributed by atoms with van der Waals surface area (Å²) in [4.78, 5) is 7.16. The minimum Gasteiger partial charge on any atom is -0.494 e. The lowest BCUT2D eigenvalue weighted by Gasteiger charge is -2.15. The van der Waals surface area contributed by atoms with Crippen LogP contribution in [0.1, 0.15) is 32.6 Å². The molecular weight excluding hydrogens is 427 g/mol. The van der Waals surface area contributed by atoms with E-state index < -0.39 is 0 Å². The third kappa shape index (κ3) is 9.89. The molecular formula is C19H33IN4O. The first-order valence-corrected chi connectivity index (χ1v) is 9.31. The predicted molar refractivity (Wildman–Crippen MR) is 116 cm³/mol. The summed E-state index contributed by atoms with van der Waals surface area (Å²) in [6, 6.07) is 9.94. The number of hydrogen-bond acceptors (Lipinski definition) is 3. The van der Waals surface area contributed by atoms with Gasteiger partial charge in [0.2, 0.25) is 0 Å². The maximum absolute atomic E-state index is 5.69. The topological polar surface area (TPSA) is 48.9 Å². The van der Waals surface area contributed by atoms with Crippen molar-refractivity contribution in [1.82, 2.24) is 15.5 Å². The number of nitrogens with one attached hydrogen (secondary N) is 2. The molecule has 6 heteroatoms. The van der Waals surface area contributed by atoms with E-state index >= 15 is 0 Å². The molecule has 1 aromatic carbocycles. The fourth-order valence-corrected chi connectivity index (χ4v) is 2.82. The quantitative estimate of drug-likeness (QED) is 0.244. The normalized spacial score (nSPS) is 14.8. The average molecular weight is 460 g/mol. The number of benzene rings is 1. The maximum Gasteiger partial charge on any atom is 0.191 e. The van der Waals surface area contributed by atoms with Crippen LogP contribution in [0.25, 0.3) is 0 Å². The van der Waals surface area contributed by atoms with Crippen molar-refractivity contribution in [1.29, 1.82) is 0 Å². The lowest BCUT2D eigenvalue weighted by molar-refractivity contribution is 0.313. The Kier molecular flexibility index (Phi) is 12.5. The fraction of sp³-hybridized carbons (Fsp3) is 0.632. The number of nitrogens with zero attached hydrogens (tertiary/aromatic N) is 2. The molecule has 25 heavy (non-hydrogen) atoms. The highest BCUT2D eigenvalue weighted by atomic mass is 127. The zero-order valence-electron chi connectivity index (χ0n) is 15.4. The van der Waals surface area contributed by atoms with Crippen LogP contribution in [0, 0.1) is 0 Å². The van der Waals surface area contributed by atoms with Crippen LogP contribution in [0.5, 0.6) is 5.75 Å². The zero-order chi connectivity index (χ0) is 16.9. The largest absolute Gasteiger partial charge is 0.494 e. The third-order valence-electron chi connectivity index (χ3n) is 4.07. The molecule has 1 saturated heterocycles. The Bertz CT molecular complexity index is 464. The van der Waals surface area contributed by atoms with Crippen LogP contribution >= 0.6 is 24.0 Å². The summed E-state index contributed by atoms with van der Waals surface area (Å²) >= 11 is 0. The molecule has 5 nitrogen and oxygen atoms in total. The van der Waals surface area contributed by atoms with Gasteiger partial charge in [-0.2, -0.15) is 0 Å². The molecule has 1 aromatic rings. The van der Waals surface area contributed by atoms with E-state index in [2.05, 4.69) is 27.4 Å². The number of rotatable bonds is 10. The molecule has 142 valence electrons. The van der Waals surface area contributed by atoms with Gasteiger partial charge in [0.25, 0.3) is 0 Å². The van der Waals surface area contributed by atoms with Crippen molar-refractivity contribution in [3.8, 4) is 5.75 Å². The van der Waals surface area contributed by atoms with E-state index in [1.807, 2.05) is 30.3 Å². The molecule has 2 N–H and O–H groups in total. The van der Waals surface area contributed by atoms with Crippen LogP contribution in [-0.2, 0) is 0 Å². The van der Waals surface area contributed by atoms with Gasteiger partial charge in [0, 0.05) is 26.1 Å². The van der Waals surface area contributed by atoms with Crippen molar-refractivity contribution in [3.05, 3.63) is 30.3 Å². The highest BCUT2D eigenvalue weighted by Gasteiger charge is 2.10. The number of likely N-dealkylation sites (tertiary alicyclic amines) is 1. The van der Waals surface area contributed by atoms with E-state index in [1.165, 1.54) is 38.9 Å². The van der Waals surface area contributed by atoms with Crippen LogP contribution in [0.2, 0.25) is 0 Å². The number of aliphatic imine (C=N–C) groups is 1. The van der Waals surface area contributed by atoms with Gasteiger partial charge in [-0.1, -0.05) is 18.2 Å². The highest BCUT2D eigenvalue weighted by Crippen LogP contribution is 2.08. The van der Waals surface area contributed by atoms with E-state index in [4.69, 9.17) is 4.74 Å². The second-order valence-electron chi connectivity index (χ2n) is 6.10. The zero-order valence-corrected chi connectivity index (χ0v) is 17.7. The number of halogens is 1. The highest BCUT2D eigenvalue weighted by molar-refractivity contribution is 14.0. The molecule has 2 rings (SSSR count). The minimum atomic E-state index is 0. The molecule has 0 aromatic heterocycles. The number of hydrogen-bond donors (Lipinski definition) is 2. The Hall–Kier alpha value is -1.02. The molecule has 0 spiro atoms. The monoisotopic (exact) mass is 460 g/mol. The lowest BCUT2D eigenvalue weighted by Crippen LogP contribution is -2.38. The predicted octanol–water partition coefficient (Wildman–Crippen LogP) is 3.11. The van der Waals surface area contributed by atoms with Gasteiger partial charge in [-0.05, 0) is 58.0 Å². The molecule has 0 radical (unpaired) electrons. The average Bonchev–Trinajstić information content (AvgIpc) is 3.12. The first-order valence-electron chi connectivity index (χ1n) is 9.31. The van der Waals surface area contributed by atoms with Crippen molar-refractivity contribution in [2.24, 2.45) is 4.99 Å². The van der Waals surface area contributed by atoms with Gasteiger partial charge >= 0.3 is 0 Å². The van der Waals surface area contributed by atoms with Crippen LogP contribution in [-0.4, -0.2) is 56.7 Å². The SMILES string of the molecule is CCNC(=NCCCOc1ccccc1)NCCCN1CCCC1.I. The lowest BCUT2D eigenvalue weighted by atomic mass is 10.3. The molecule has 1 aliphatic heterocycles. The number of ether oxygens (including phenoxy) is 1. The Morgan fingerprint density at radius 1 is 1.12 bits per heavy atom. The van der Waals surface area contributed by atoms with Crippen LogP contribution < -0.4 is 15.4 Å². The summed E-state index contributed by atoms with van der Waals surface area (Å²) in [6.45, 7) is 9.17. The first kappa shape index (κ1) is 22.0. The number of guanidine groups is 1. The fourth-order valence-electron chi connectivity index (χ4n) is 2.82. The van der Waals surface area contributed by atoms with Gasteiger partial charge < -0.3 is 20.3 Å². The summed E-state index contributed by atoms with van der Waals surface area (Å²) in [7, 11) is 0. The summed E-state index contributed by atoms with van der Waals surface area (Å²) in [6.07, 6.45) is 4.81. The van der Waals surface area contributed by atoms with Crippen LogP contribution in [0.3, 0.4) is 0 Å². The van der Waals surface area contributed by atoms with Gasteiger partial charge in [-0.15, -0.1) is 24.0 Å². The summed E-state index contributed by atoms with van der Waals surface area (Å²) in [5, 5.41) is 6.73. The third-order valence-corrected chi connectivity index (χ3v) is 4.07.